The van der Waals surface area contributed by atoms with Crippen molar-refractivity contribution in [2.75, 3.05) is 4.90 Å². The van der Waals surface area contributed by atoms with Crippen molar-refractivity contribution in [2.24, 2.45) is 0 Å². The van der Waals surface area contributed by atoms with E-state index in [1.165, 1.54) is 17.0 Å². The first-order valence-corrected chi connectivity index (χ1v) is 12.9. The summed E-state index contributed by atoms with van der Waals surface area (Å²) < 4.78 is 20.2. The lowest BCUT2D eigenvalue weighted by Gasteiger charge is -2.23. The van der Waals surface area contributed by atoms with Gasteiger partial charge in [-0.15, -0.1) is 0 Å². The van der Waals surface area contributed by atoms with Crippen molar-refractivity contribution in [1.82, 2.24) is 4.98 Å². The Morgan fingerprint density at radius 1 is 1.14 bits per heavy atom. The number of amides is 1. The van der Waals surface area contributed by atoms with E-state index in [1.54, 1.807) is 24.3 Å². The Balaban J connectivity index is 1.53. The summed E-state index contributed by atoms with van der Waals surface area (Å²) in [4.78, 5) is 32.7. The van der Waals surface area contributed by atoms with E-state index in [9.17, 15) is 19.1 Å². The number of aryl methyl sites for hydroxylation is 1. The smallest absolute Gasteiger partial charge is 0.301 e. The lowest BCUT2D eigenvalue weighted by molar-refractivity contribution is -0.132. The predicted octanol–water partition coefficient (Wildman–Crippen LogP) is 5.95. The van der Waals surface area contributed by atoms with E-state index in [0.29, 0.717) is 27.8 Å². The normalized spacial score (nSPS) is 20.5. The highest BCUT2D eigenvalue weighted by atomic mass is 32.1. The van der Waals surface area contributed by atoms with Crippen LogP contribution in [0, 0.1) is 5.82 Å². The monoisotopic (exact) mass is 514 g/mol. The van der Waals surface area contributed by atoms with Crippen molar-refractivity contribution in [1.29, 1.82) is 0 Å². The number of aliphatic hydroxyl groups is 1. The summed E-state index contributed by atoms with van der Waals surface area (Å²) in [5.74, 6) is -1.49. The van der Waals surface area contributed by atoms with Crippen molar-refractivity contribution < 1.29 is 23.8 Å². The van der Waals surface area contributed by atoms with E-state index in [2.05, 4.69) is 4.98 Å². The first kappa shape index (κ1) is 23.4. The van der Waals surface area contributed by atoms with Crippen LogP contribution >= 0.6 is 11.3 Å². The van der Waals surface area contributed by atoms with Gasteiger partial charge < -0.3 is 9.84 Å². The second-order valence-corrected chi connectivity index (χ2v) is 10.3. The van der Waals surface area contributed by atoms with Crippen molar-refractivity contribution in [2.45, 2.75) is 38.8 Å². The third kappa shape index (κ3) is 3.88. The minimum absolute atomic E-state index is 0.00778. The van der Waals surface area contributed by atoms with Crippen LogP contribution in [0.3, 0.4) is 0 Å². The van der Waals surface area contributed by atoms with Crippen molar-refractivity contribution in [3.05, 3.63) is 94.3 Å². The highest BCUT2D eigenvalue weighted by Gasteiger charge is 2.48. The number of Topliss-reactive ketones (excluding diaryl/α,β-unsaturated/α-hetero) is 1. The first-order chi connectivity index (χ1) is 17.8. The Kier molecular flexibility index (Phi) is 5.56. The van der Waals surface area contributed by atoms with E-state index in [-0.39, 0.29) is 22.6 Å². The number of benzene rings is 3. The van der Waals surface area contributed by atoms with Gasteiger partial charge in [-0.3, -0.25) is 14.5 Å². The maximum absolute atomic E-state index is 13.8. The van der Waals surface area contributed by atoms with E-state index < -0.39 is 23.5 Å². The van der Waals surface area contributed by atoms with Crippen molar-refractivity contribution in [3.8, 4) is 5.75 Å². The Morgan fingerprint density at radius 2 is 1.92 bits per heavy atom. The highest BCUT2D eigenvalue weighted by Crippen LogP contribution is 2.45. The fraction of sp³-hybridized carbons (Fsp3) is 0.207. The van der Waals surface area contributed by atoms with Gasteiger partial charge in [0.2, 0.25) is 0 Å². The van der Waals surface area contributed by atoms with Gasteiger partial charge >= 0.3 is 5.91 Å². The maximum atomic E-state index is 13.8. The van der Waals surface area contributed by atoms with Crippen LogP contribution in [0.2, 0.25) is 0 Å². The minimum Gasteiger partial charge on any atom is -0.507 e. The van der Waals surface area contributed by atoms with Crippen molar-refractivity contribution in [3.63, 3.8) is 0 Å². The number of nitrogens with zero attached hydrogens (tertiary/aromatic N) is 2. The molecule has 2 unspecified atom stereocenters. The number of fused-ring (bicyclic) bond motifs is 2. The minimum atomic E-state index is -0.889. The van der Waals surface area contributed by atoms with Crippen LogP contribution in [0.25, 0.3) is 16.0 Å². The number of rotatable bonds is 4. The first-order valence-electron chi connectivity index (χ1n) is 12.1. The molecule has 6 nitrogen and oxygen atoms in total. The highest BCUT2D eigenvalue weighted by molar-refractivity contribution is 7.22. The Morgan fingerprint density at radius 3 is 2.68 bits per heavy atom. The molecule has 4 aromatic rings. The van der Waals surface area contributed by atoms with Crippen LogP contribution in [0.4, 0.5) is 9.52 Å². The molecule has 1 fully saturated rings. The van der Waals surface area contributed by atoms with Crippen molar-refractivity contribution >= 4 is 44.1 Å². The number of aliphatic hydroxyl groups excluding tert-OH is 1. The average molecular weight is 515 g/mol. The number of aromatic nitrogens is 1. The Labute approximate surface area is 216 Å². The molecular weight excluding hydrogens is 491 g/mol. The molecule has 37 heavy (non-hydrogen) atoms. The van der Waals surface area contributed by atoms with Crippen LogP contribution in [0.15, 0.2) is 66.2 Å². The number of thiazole rings is 1. The van der Waals surface area contributed by atoms with Gasteiger partial charge in [0.1, 0.15) is 23.4 Å². The van der Waals surface area contributed by atoms with Crippen LogP contribution in [0.5, 0.6) is 5.75 Å². The zero-order chi connectivity index (χ0) is 25.8. The molecule has 8 heteroatoms. The molecule has 2 aliphatic heterocycles. The van der Waals surface area contributed by atoms with E-state index in [1.807, 2.05) is 38.1 Å². The fourth-order valence-corrected chi connectivity index (χ4v) is 6.01. The third-order valence-electron chi connectivity index (χ3n) is 6.86. The summed E-state index contributed by atoms with van der Waals surface area (Å²) in [6.45, 7) is 4.01. The van der Waals surface area contributed by atoms with Gasteiger partial charge in [-0.2, -0.15) is 0 Å². The molecule has 1 N–H and O–H groups in total. The molecule has 1 saturated heterocycles. The molecule has 3 heterocycles. The van der Waals surface area contributed by atoms with Gasteiger partial charge in [-0.05, 0) is 66.4 Å². The molecule has 2 atom stereocenters. The van der Waals surface area contributed by atoms with Crippen LogP contribution < -0.4 is 9.64 Å². The van der Waals surface area contributed by atoms with Gasteiger partial charge in [-0.1, -0.05) is 42.5 Å². The van der Waals surface area contributed by atoms with E-state index >= 15 is 0 Å². The number of hydrogen-bond donors (Lipinski definition) is 1. The molecule has 0 spiro atoms. The summed E-state index contributed by atoms with van der Waals surface area (Å²) in [7, 11) is 0. The van der Waals surface area contributed by atoms with E-state index in [0.717, 1.165) is 34.6 Å². The van der Waals surface area contributed by atoms with E-state index in [4.69, 9.17) is 4.74 Å². The molecule has 1 aromatic heterocycles. The molecule has 1 amide bonds. The summed E-state index contributed by atoms with van der Waals surface area (Å²) >= 11 is 1.13. The van der Waals surface area contributed by atoms with Crippen LogP contribution in [-0.2, 0) is 22.4 Å². The van der Waals surface area contributed by atoms with Gasteiger partial charge in [0.15, 0.2) is 5.13 Å². The number of ketones is 1. The molecular formula is C29H23FN2O4S. The molecule has 0 radical (unpaired) electrons. The predicted molar refractivity (Wildman–Crippen MR) is 140 cm³/mol. The second kappa shape index (κ2) is 8.81. The van der Waals surface area contributed by atoms with Crippen LogP contribution in [0.1, 0.15) is 42.1 Å². The number of carbonyl (C=O) groups excluding carboxylic acids is 2. The largest absolute Gasteiger partial charge is 0.507 e. The zero-order valence-electron chi connectivity index (χ0n) is 20.2. The Hall–Kier alpha value is -4.04. The van der Waals surface area contributed by atoms with Gasteiger partial charge in [0.25, 0.3) is 5.78 Å². The second-order valence-electron chi connectivity index (χ2n) is 9.33. The van der Waals surface area contributed by atoms with Gasteiger partial charge in [0.05, 0.1) is 21.8 Å². The summed E-state index contributed by atoms with van der Waals surface area (Å²) in [6, 6.07) is 16.2. The summed E-state index contributed by atoms with van der Waals surface area (Å²) in [5.41, 5.74) is 3.66. The zero-order valence-corrected chi connectivity index (χ0v) is 21.0. The fourth-order valence-electron chi connectivity index (χ4n) is 5.00. The molecule has 0 aliphatic carbocycles. The number of halogens is 1. The average Bonchev–Trinajstić information content (AvgIpc) is 3.55. The van der Waals surface area contributed by atoms with Crippen LogP contribution in [-0.4, -0.2) is 27.9 Å². The Bertz CT molecular complexity index is 1610. The van der Waals surface area contributed by atoms with Gasteiger partial charge in [0, 0.05) is 12.0 Å². The molecule has 2 aliphatic rings. The molecule has 6 rings (SSSR count). The number of carbonyl (C=O) groups is 2. The summed E-state index contributed by atoms with van der Waals surface area (Å²) in [5, 5.41) is 11.7. The number of anilines is 1. The lowest BCUT2D eigenvalue weighted by atomic mass is 9.94. The third-order valence-corrected chi connectivity index (χ3v) is 7.88. The number of ether oxygens (including phenoxy) is 1. The topological polar surface area (TPSA) is 79.7 Å². The maximum Gasteiger partial charge on any atom is 0.301 e. The summed E-state index contributed by atoms with van der Waals surface area (Å²) in [6.07, 6.45) is 1.55. The molecule has 186 valence electrons. The SMILES string of the molecule is CCc1ccc(C2/C(=C(\O)c3ccc4c(c3)CC(C)O4)C(=O)C(=O)N2c2nc3ccc(F)cc3s2)cc1. The quantitative estimate of drug-likeness (QED) is 0.207. The standard InChI is InChI=1S/C29H23FN2O4S/c1-3-16-4-6-17(7-5-16)25-24(26(33)18-8-11-22-19(13-18)12-15(2)36-22)27(34)28(35)32(25)29-31-21-10-9-20(30)14-23(21)37-29/h4-11,13-15,25,33H,3,12H2,1-2H3/b26-24+. The molecule has 3 aromatic carbocycles. The van der Waals surface area contributed by atoms with Gasteiger partial charge in [-0.25, -0.2) is 9.37 Å². The number of hydrogen-bond acceptors (Lipinski definition) is 6. The molecule has 0 saturated carbocycles. The molecule has 0 bridgehead atoms. The lowest BCUT2D eigenvalue weighted by Crippen LogP contribution is -2.29.